The second-order valence-corrected chi connectivity index (χ2v) is 9.14. The number of carbonyl (C=O) groups excluding carboxylic acids is 2. The average Bonchev–Trinajstić information content (AvgIpc) is 2.88. The van der Waals surface area contributed by atoms with Crippen molar-refractivity contribution in [2.45, 2.75) is 50.7 Å². The molecule has 6 heteroatoms. The molecular weight excluding hydrogens is 438 g/mol. The first-order valence-corrected chi connectivity index (χ1v) is 12.1. The lowest BCUT2D eigenvalue weighted by Crippen LogP contribution is -2.43. The van der Waals surface area contributed by atoms with Gasteiger partial charge in [0.15, 0.2) is 0 Å². The molecule has 35 heavy (non-hydrogen) atoms. The van der Waals surface area contributed by atoms with E-state index in [1.807, 2.05) is 83.8 Å². The second-order valence-electron chi connectivity index (χ2n) is 9.14. The van der Waals surface area contributed by atoms with Gasteiger partial charge in [-0.3, -0.25) is 9.59 Å². The fraction of sp³-hybridized carbons (Fsp3) is 0.310. The summed E-state index contributed by atoms with van der Waals surface area (Å²) in [5.41, 5.74) is 9.42. The van der Waals surface area contributed by atoms with E-state index in [-0.39, 0.29) is 30.3 Å². The third-order valence-corrected chi connectivity index (χ3v) is 6.55. The molecule has 1 fully saturated rings. The van der Waals surface area contributed by atoms with E-state index in [1.165, 1.54) is 0 Å². The first-order chi connectivity index (χ1) is 17.0. The van der Waals surface area contributed by atoms with Crippen LogP contribution in [0.25, 0.3) is 0 Å². The van der Waals surface area contributed by atoms with Gasteiger partial charge < -0.3 is 20.7 Å². The van der Waals surface area contributed by atoms with Crippen LogP contribution >= 0.6 is 0 Å². The standard InChI is InChI=1S/C29H33N3O3/c1-35-27-16-10-21(11-17-27)19-28(33)31-25-9-5-6-22(18-25)20-32(26-14-12-24(30)13-15-26)29(34)23-7-3-2-4-8-23/h2-11,16-18,24,26H,12-15,19-20,30H2,1H3,(H,31,33). The molecule has 0 atom stereocenters. The van der Waals surface area contributed by atoms with E-state index in [9.17, 15) is 9.59 Å². The summed E-state index contributed by atoms with van der Waals surface area (Å²) < 4.78 is 5.17. The van der Waals surface area contributed by atoms with Crippen molar-refractivity contribution in [2.75, 3.05) is 12.4 Å². The summed E-state index contributed by atoms with van der Waals surface area (Å²) in [4.78, 5) is 28.1. The second kappa shape index (κ2) is 11.7. The molecule has 4 rings (SSSR count). The van der Waals surface area contributed by atoms with Crippen LogP contribution in [0.15, 0.2) is 78.9 Å². The van der Waals surface area contributed by atoms with Gasteiger partial charge in [-0.25, -0.2) is 0 Å². The minimum absolute atomic E-state index is 0.0278. The molecule has 0 bridgehead atoms. The van der Waals surface area contributed by atoms with Crippen LogP contribution in [-0.4, -0.2) is 35.9 Å². The summed E-state index contributed by atoms with van der Waals surface area (Å²) in [6, 6.07) is 25.0. The maximum Gasteiger partial charge on any atom is 0.254 e. The van der Waals surface area contributed by atoms with Crippen LogP contribution in [0.1, 0.15) is 47.2 Å². The molecule has 2 amide bonds. The monoisotopic (exact) mass is 471 g/mol. The smallest absolute Gasteiger partial charge is 0.254 e. The third-order valence-electron chi connectivity index (χ3n) is 6.55. The molecule has 182 valence electrons. The zero-order chi connectivity index (χ0) is 24.6. The number of hydrogen-bond donors (Lipinski definition) is 2. The Morgan fingerprint density at radius 1 is 0.914 bits per heavy atom. The number of methoxy groups -OCH3 is 1. The highest BCUT2D eigenvalue weighted by Gasteiger charge is 2.28. The predicted molar refractivity (Wildman–Crippen MR) is 138 cm³/mol. The highest BCUT2D eigenvalue weighted by Crippen LogP contribution is 2.26. The van der Waals surface area contributed by atoms with Gasteiger partial charge in [0.2, 0.25) is 5.91 Å². The molecule has 0 saturated heterocycles. The maximum atomic E-state index is 13.5. The normalized spacial score (nSPS) is 17.4. The average molecular weight is 472 g/mol. The zero-order valence-corrected chi connectivity index (χ0v) is 20.2. The number of nitrogens with one attached hydrogen (secondary N) is 1. The number of amides is 2. The van der Waals surface area contributed by atoms with Crippen molar-refractivity contribution in [1.82, 2.24) is 4.90 Å². The van der Waals surface area contributed by atoms with Gasteiger partial charge in [-0.15, -0.1) is 0 Å². The number of benzene rings is 3. The fourth-order valence-corrected chi connectivity index (χ4v) is 4.60. The fourth-order valence-electron chi connectivity index (χ4n) is 4.60. The van der Waals surface area contributed by atoms with Crippen molar-refractivity contribution in [3.05, 3.63) is 95.6 Å². The first-order valence-electron chi connectivity index (χ1n) is 12.1. The van der Waals surface area contributed by atoms with Crippen molar-refractivity contribution < 1.29 is 14.3 Å². The maximum absolute atomic E-state index is 13.5. The molecule has 0 heterocycles. The lowest BCUT2D eigenvalue weighted by Gasteiger charge is -2.36. The van der Waals surface area contributed by atoms with Gasteiger partial charge >= 0.3 is 0 Å². The number of nitrogens with zero attached hydrogens (tertiary/aromatic N) is 1. The highest BCUT2D eigenvalue weighted by molar-refractivity contribution is 5.94. The summed E-state index contributed by atoms with van der Waals surface area (Å²) in [6.45, 7) is 0.482. The van der Waals surface area contributed by atoms with Crippen molar-refractivity contribution in [1.29, 1.82) is 0 Å². The van der Waals surface area contributed by atoms with Crippen LogP contribution in [-0.2, 0) is 17.8 Å². The summed E-state index contributed by atoms with van der Waals surface area (Å²) >= 11 is 0. The summed E-state index contributed by atoms with van der Waals surface area (Å²) in [5.74, 6) is 0.697. The van der Waals surface area contributed by atoms with Crippen LogP contribution < -0.4 is 15.8 Å². The molecule has 1 saturated carbocycles. The molecule has 0 aliphatic heterocycles. The van der Waals surface area contributed by atoms with E-state index in [2.05, 4.69) is 5.32 Å². The van der Waals surface area contributed by atoms with Crippen molar-refractivity contribution >= 4 is 17.5 Å². The quantitative estimate of drug-likeness (QED) is 0.495. The Balaban J connectivity index is 1.46. The molecule has 1 aliphatic carbocycles. The first kappa shape index (κ1) is 24.5. The van der Waals surface area contributed by atoms with Crippen LogP contribution in [0, 0.1) is 0 Å². The van der Waals surface area contributed by atoms with Gasteiger partial charge in [-0.1, -0.05) is 42.5 Å². The van der Waals surface area contributed by atoms with Crippen LogP contribution in [0.4, 0.5) is 5.69 Å². The van der Waals surface area contributed by atoms with E-state index in [4.69, 9.17) is 10.5 Å². The zero-order valence-electron chi connectivity index (χ0n) is 20.2. The van der Waals surface area contributed by atoms with Crippen molar-refractivity contribution in [3.8, 4) is 5.75 Å². The molecule has 0 unspecified atom stereocenters. The van der Waals surface area contributed by atoms with Gasteiger partial charge in [0.05, 0.1) is 13.5 Å². The molecule has 0 aromatic heterocycles. The number of rotatable bonds is 8. The summed E-state index contributed by atoms with van der Waals surface area (Å²) in [5, 5.41) is 2.99. The predicted octanol–water partition coefficient (Wildman–Crippen LogP) is 4.79. The minimum Gasteiger partial charge on any atom is -0.497 e. The van der Waals surface area contributed by atoms with Crippen LogP contribution in [0.3, 0.4) is 0 Å². The molecule has 1 aliphatic rings. The van der Waals surface area contributed by atoms with E-state index < -0.39 is 0 Å². The number of ether oxygens (including phenoxy) is 1. The topological polar surface area (TPSA) is 84.7 Å². The Bertz CT molecular complexity index is 1120. The molecule has 3 N–H and O–H groups in total. The highest BCUT2D eigenvalue weighted by atomic mass is 16.5. The number of nitrogens with two attached hydrogens (primary N) is 1. The number of hydrogen-bond acceptors (Lipinski definition) is 4. The molecule has 6 nitrogen and oxygen atoms in total. The number of carbonyl (C=O) groups is 2. The lowest BCUT2D eigenvalue weighted by molar-refractivity contribution is -0.115. The Labute approximate surface area is 207 Å². The lowest BCUT2D eigenvalue weighted by atomic mass is 9.90. The third kappa shape index (κ3) is 6.70. The van der Waals surface area contributed by atoms with Crippen LogP contribution in [0.5, 0.6) is 5.75 Å². The Morgan fingerprint density at radius 2 is 1.63 bits per heavy atom. The van der Waals surface area contributed by atoms with Gasteiger partial charge in [-0.05, 0) is 73.2 Å². The summed E-state index contributed by atoms with van der Waals surface area (Å²) in [7, 11) is 1.62. The summed E-state index contributed by atoms with van der Waals surface area (Å²) in [6.07, 6.45) is 3.92. The minimum atomic E-state index is -0.0918. The molecule has 3 aromatic carbocycles. The van der Waals surface area contributed by atoms with Crippen molar-refractivity contribution in [3.63, 3.8) is 0 Å². The van der Waals surface area contributed by atoms with Crippen molar-refractivity contribution in [2.24, 2.45) is 5.73 Å². The molecule has 0 radical (unpaired) electrons. The van der Waals surface area contributed by atoms with E-state index in [0.29, 0.717) is 12.1 Å². The molecule has 0 spiro atoms. The van der Waals surface area contributed by atoms with E-state index >= 15 is 0 Å². The van der Waals surface area contributed by atoms with Crippen LogP contribution in [0.2, 0.25) is 0 Å². The Morgan fingerprint density at radius 3 is 2.31 bits per heavy atom. The molecular formula is C29H33N3O3. The van der Waals surface area contributed by atoms with Gasteiger partial charge in [0, 0.05) is 29.9 Å². The molecule has 3 aromatic rings. The van der Waals surface area contributed by atoms with E-state index in [1.54, 1.807) is 7.11 Å². The SMILES string of the molecule is COc1ccc(CC(=O)Nc2cccc(CN(C(=O)c3ccccc3)C3CCC(N)CC3)c2)cc1. The van der Waals surface area contributed by atoms with Gasteiger partial charge in [0.25, 0.3) is 5.91 Å². The number of anilines is 1. The van der Waals surface area contributed by atoms with E-state index in [0.717, 1.165) is 48.2 Å². The van der Waals surface area contributed by atoms with Gasteiger partial charge in [0.1, 0.15) is 5.75 Å². The Hall–Kier alpha value is -3.64. The Kier molecular flexibility index (Phi) is 8.16. The largest absolute Gasteiger partial charge is 0.497 e. The van der Waals surface area contributed by atoms with Gasteiger partial charge in [-0.2, -0.15) is 0 Å².